The molecule has 1 unspecified atom stereocenters. The lowest BCUT2D eigenvalue weighted by Crippen LogP contribution is -2.44. The van der Waals surface area contributed by atoms with Gasteiger partial charge in [0, 0.05) is 25.0 Å². The number of hydrogen-bond acceptors (Lipinski definition) is 5. The average Bonchev–Trinajstić information content (AvgIpc) is 3.22. The van der Waals surface area contributed by atoms with Crippen molar-refractivity contribution >= 4 is 16.0 Å². The summed E-state index contributed by atoms with van der Waals surface area (Å²) in [5.74, 6) is -0.495. The number of aliphatic carboxylic acids is 1. The number of carboxylic acid groups (broad SMARTS) is 1. The molecule has 176 valence electrons. The molecule has 1 aliphatic heterocycles. The lowest BCUT2D eigenvalue weighted by atomic mass is 10.1. The van der Waals surface area contributed by atoms with Crippen molar-refractivity contribution in [3.05, 3.63) is 59.4 Å². The maximum Gasteiger partial charge on any atom is 0.329 e. The summed E-state index contributed by atoms with van der Waals surface area (Å²) in [7, 11) is -2.29. The van der Waals surface area contributed by atoms with Crippen molar-refractivity contribution in [3.63, 3.8) is 0 Å². The molecule has 0 radical (unpaired) electrons. The highest BCUT2D eigenvalue weighted by Gasteiger charge is 2.38. The van der Waals surface area contributed by atoms with Crippen molar-refractivity contribution in [2.24, 2.45) is 0 Å². The Morgan fingerprint density at radius 2 is 1.81 bits per heavy atom. The zero-order chi connectivity index (χ0) is 23.9. The van der Waals surface area contributed by atoms with Crippen molar-refractivity contribution in [1.82, 2.24) is 8.87 Å². The van der Waals surface area contributed by atoms with Crippen molar-refractivity contribution in [3.8, 4) is 5.75 Å². The first-order valence-corrected chi connectivity index (χ1v) is 11.8. The topological polar surface area (TPSA) is 98.1 Å². The fraction of sp³-hybridized carbons (Fsp3) is 0.435. The number of methoxy groups -OCH3 is 1. The minimum Gasteiger partial charge on any atom is -0.497 e. The highest BCUT2D eigenvalue weighted by atomic mass is 32.2. The van der Waals surface area contributed by atoms with Crippen LogP contribution >= 0.6 is 0 Å². The van der Waals surface area contributed by atoms with Gasteiger partial charge in [0.2, 0.25) is 10.0 Å². The van der Waals surface area contributed by atoms with Crippen molar-refractivity contribution in [2.75, 3.05) is 26.9 Å². The van der Waals surface area contributed by atoms with Gasteiger partial charge < -0.3 is 19.1 Å². The molecular formula is C23H32N2O6S. The van der Waals surface area contributed by atoms with Crippen molar-refractivity contribution < 1.29 is 27.8 Å². The molecule has 1 aromatic heterocycles. The molecule has 1 aliphatic rings. The Morgan fingerprint density at radius 3 is 2.34 bits per heavy atom. The van der Waals surface area contributed by atoms with Gasteiger partial charge in [0.05, 0.1) is 24.7 Å². The molecule has 1 atom stereocenters. The third kappa shape index (κ3) is 5.79. The predicted molar refractivity (Wildman–Crippen MR) is 122 cm³/mol. The molecule has 3 rings (SSSR count). The second-order valence-electron chi connectivity index (χ2n) is 7.42. The minimum atomic E-state index is -3.83. The van der Waals surface area contributed by atoms with Gasteiger partial charge in [-0.15, -0.1) is 0 Å². The highest BCUT2D eigenvalue weighted by Crippen LogP contribution is 2.35. The van der Waals surface area contributed by atoms with Crippen molar-refractivity contribution in [1.29, 1.82) is 0 Å². The first-order chi connectivity index (χ1) is 15.2. The summed E-state index contributed by atoms with van der Waals surface area (Å²) in [6, 6.07) is 6.48. The van der Waals surface area contributed by atoms with Crippen LogP contribution in [0.5, 0.6) is 5.75 Å². The third-order valence-electron chi connectivity index (χ3n) is 5.19. The zero-order valence-electron chi connectivity index (χ0n) is 19.2. The summed E-state index contributed by atoms with van der Waals surface area (Å²) in [5, 5.41) is 8.85. The van der Waals surface area contributed by atoms with E-state index >= 15 is 0 Å². The number of allylic oxidation sites excluding steroid dienone is 2. The number of hydrogen-bond donors (Lipinski definition) is 1. The van der Waals surface area contributed by atoms with Gasteiger partial charge in [-0.3, -0.25) is 0 Å². The van der Waals surface area contributed by atoms with Gasteiger partial charge in [0.1, 0.15) is 12.4 Å². The second kappa shape index (κ2) is 11.3. The Labute approximate surface area is 190 Å². The van der Waals surface area contributed by atoms with Gasteiger partial charge in [-0.05, 0) is 63.1 Å². The van der Waals surface area contributed by atoms with E-state index in [0.717, 1.165) is 5.69 Å². The Balaban J connectivity index is 0.000000837. The number of fused-ring (bicyclic) bond motifs is 1. The Morgan fingerprint density at radius 1 is 1.19 bits per heavy atom. The lowest BCUT2D eigenvalue weighted by Gasteiger charge is -2.36. The molecule has 32 heavy (non-hydrogen) atoms. The number of rotatable bonds is 7. The third-order valence-corrected chi connectivity index (χ3v) is 7.40. The summed E-state index contributed by atoms with van der Waals surface area (Å²) in [6.07, 6.45) is 5.88. The van der Waals surface area contributed by atoms with Crippen LogP contribution in [-0.4, -0.2) is 55.2 Å². The molecule has 0 fully saturated rings. The van der Waals surface area contributed by atoms with Crippen LogP contribution in [-0.2, 0) is 26.1 Å². The summed E-state index contributed by atoms with van der Waals surface area (Å²) < 4.78 is 41.0. The maximum absolute atomic E-state index is 13.6. The molecular weight excluding hydrogens is 432 g/mol. The van der Waals surface area contributed by atoms with Gasteiger partial charge in [0.25, 0.3) is 0 Å². The smallest absolute Gasteiger partial charge is 0.329 e. The van der Waals surface area contributed by atoms with Crippen LogP contribution in [0, 0.1) is 13.8 Å². The van der Waals surface area contributed by atoms with Gasteiger partial charge in [-0.25, -0.2) is 13.2 Å². The molecule has 0 amide bonds. The predicted octanol–water partition coefficient (Wildman–Crippen LogP) is 3.54. The van der Waals surface area contributed by atoms with Crippen LogP contribution in [0.2, 0.25) is 0 Å². The fourth-order valence-electron chi connectivity index (χ4n) is 3.71. The lowest BCUT2D eigenvalue weighted by molar-refractivity contribution is -0.142. The van der Waals surface area contributed by atoms with Gasteiger partial charge in [-0.2, -0.15) is 4.31 Å². The first kappa shape index (κ1) is 25.6. The van der Waals surface area contributed by atoms with E-state index in [0.29, 0.717) is 23.4 Å². The molecule has 1 aromatic carbocycles. The van der Waals surface area contributed by atoms with Crippen LogP contribution in [0.1, 0.15) is 36.7 Å². The zero-order valence-corrected chi connectivity index (χ0v) is 20.1. The number of benzene rings is 1. The average molecular weight is 465 g/mol. The molecule has 0 spiro atoms. The summed E-state index contributed by atoms with van der Waals surface area (Å²) in [4.78, 5) is 11.1. The van der Waals surface area contributed by atoms with E-state index in [1.165, 1.54) is 11.4 Å². The number of aryl methyl sites for hydroxylation is 2. The number of sulfonamides is 1. The SMILES string of the molecule is C/C=C\C.COc1cc(C)c(S(=O)(=O)N2CCn3cccc3C2COCC(=O)O)c(C)c1. The van der Waals surface area contributed by atoms with E-state index < -0.39 is 28.6 Å². The Bertz CT molecular complexity index is 1030. The largest absolute Gasteiger partial charge is 0.497 e. The Hall–Kier alpha value is -2.62. The number of carbonyl (C=O) groups is 1. The van der Waals surface area contributed by atoms with E-state index in [9.17, 15) is 13.2 Å². The fourth-order valence-corrected chi connectivity index (χ4v) is 5.70. The van der Waals surface area contributed by atoms with Crippen LogP contribution in [0.25, 0.3) is 0 Å². The summed E-state index contributed by atoms with van der Waals surface area (Å²) >= 11 is 0. The highest BCUT2D eigenvalue weighted by molar-refractivity contribution is 7.89. The van der Waals surface area contributed by atoms with Gasteiger partial charge in [0.15, 0.2) is 0 Å². The molecule has 0 bridgehead atoms. The number of nitrogens with zero attached hydrogens (tertiary/aromatic N) is 2. The second-order valence-corrected chi connectivity index (χ2v) is 9.25. The number of carboxylic acids is 1. The van der Waals surface area contributed by atoms with Crippen molar-refractivity contribution in [2.45, 2.75) is 45.2 Å². The van der Waals surface area contributed by atoms with Gasteiger partial charge in [-0.1, -0.05) is 12.2 Å². The van der Waals surface area contributed by atoms with Crippen LogP contribution in [0.15, 0.2) is 47.5 Å². The van der Waals surface area contributed by atoms with Gasteiger partial charge >= 0.3 is 5.97 Å². The number of aromatic nitrogens is 1. The van der Waals surface area contributed by atoms with E-state index in [-0.39, 0.29) is 18.0 Å². The van der Waals surface area contributed by atoms with Crippen LogP contribution in [0.3, 0.4) is 0 Å². The molecule has 9 heteroatoms. The molecule has 1 N–H and O–H groups in total. The minimum absolute atomic E-state index is 0.0379. The molecule has 0 aliphatic carbocycles. The summed E-state index contributed by atoms with van der Waals surface area (Å²) in [5.41, 5.74) is 1.98. The van der Waals surface area contributed by atoms with E-state index in [1.807, 2.05) is 48.9 Å². The molecule has 2 aromatic rings. The normalized spacial score (nSPS) is 16.3. The van der Waals surface area contributed by atoms with Crippen LogP contribution in [0.4, 0.5) is 0 Å². The standard InChI is InChI=1S/C19H24N2O6S.C4H8/c1-13-9-15(26-3)10-14(2)19(13)28(24,25)21-8-7-20-6-4-5-16(20)17(21)11-27-12-18(22)23;1-3-4-2/h4-6,9-10,17H,7-8,11-12H2,1-3H3,(H,22,23);3-4H,1-2H3/b;4-3-. The Kier molecular flexibility index (Phi) is 9.06. The number of ether oxygens (including phenoxy) is 2. The van der Waals surface area contributed by atoms with E-state index in [1.54, 1.807) is 26.0 Å². The molecule has 8 nitrogen and oxygen atoms in total. The first-order valence-electron chi connectivity index (χ1n) is 10.4. The summed E-state index contributed by atoms with van der Waals surface area (Å²) in [6.45, 7) is 7.76. The quantitative estimate of drug-likeness (QED) is 0.630. The monoisotopic (exact) mass is 464 g/mol. The van der Waals surface area contributed by atoms with Crippen LogP contribution < -0.4 is 4.74 Å². The molecule has 2 heterocycles. The molecule has 0 saturated heterocycles. The van der Waals surface area contributed by atoms with E-state index in [2.05, 4.69) is 0 Å². The maximum atomic E-state index is 13.6. The molecule has 0 saturated carbocycles. The van der Waals surface area contributed by atoms with E-state index in [4.69, 9.17) is 14.6 Å².